The van der Waals surface area contributed by atoms with Crippen LogP contribution in [0.4, 0.5) is 13.2 Å². The van der Waals surface area contributed by atoms with Crippen LogP contribution in [0.2, 0.25) is 0 Å². The Morgan fingerprint density at radius 2 is 1.89 bits per heavy atom. The molecule has 2 N–H and O–H groups in total. The molecule has 1 amide bonds. The first kappa shape index (κ1) is 20.3. The van der Waals surface area contributed by atoms with E-state index >= 15 is 0 Å². The van der Waals surface area contributed by atoms with Gasteiger partial charge in [-0.25, -0.2) is 0 Å². The van der Waals surface area contributed by atoms with Crippen LogP contribution < -0.4 is 10.1 Å². The Bertz CT molecular complexity index is 816. The van der Waals surface area contributed by atoms with Crippen LogP contribution in [-0.4, -0.2) is 33.1 Å². The van der Waals surface area contributed by atoms with E-state index in [0.717, 1.165) is 23.5 Å². The zero-order valence-corrected chi connectivity index (χ0v) is 14.6. The number of rotatable bonds is 7. The van der Waals surface area contributed by atoms with Crippen LogP contribution >= 0.6 is 0 Å². The van der Waals surface area contributed by atoms with E-state index in [1.807, 2.05) is 0 Å². The average Bonchev–Trinajstić information content (AvgIpc) is 2.82. The molecule has 0 saturated carbocycles. The molecule has 10 heteroatoms. The monoisotopic (exact) mass is 385 g/mol. The zero-order chi connectivity index (χ0) is 20.2. The molecule has 0 aliphatic heterocycles. The molecule has 1 heterocycles. The molecule has 0 aliphatic rings. The largest absolute Gasteiger partial charge is 0.573 e. The first-order valence-corrected chi connectivity index (χ1v) is 7.91. The number of aliphatic carboxylic acids is 1. The van der Waals surface area contributed by atoms with Crippen LogP contribution in [0.3, 0.4) is 0 Å². The lowest BCUT2D eigenvalue weighted by molar-refractivity contribution is -0.274. The second kappa shape index (κ2) is 8.11. The van der Waals surface area contributed by atoms with E-state index in [9.17, 15) is 22.8 Å². The molecule has 0 spiro atoms. The van der Waals surface area contributed by atoms with Crippen molar-refractivity contribution >= 4 is 11.9 Å². The quantitative estimate of drug-likeness (QED) is 0.765. The van der Waals surface area contributed by atoms with Crippen molar-refractivity contribution in [2.75, 3.05) is 0 Å². The maximum absolute atomic E-state index is 12.3. The molecule has 0 saturated heterocycles. The Labute approximate surface area is 152 Å². The van der Waals surface area contributed by atoms with Crippen molar-refractivity contribution in [3.8, 4) is 5.75 Å². The fourth-order valence-electron chi connectivity index (χ4n) is 2.54. The van der Waals surface area contributed by atoms with Gasteiger partial charge in [0, 0.05) is 5.69 Å². The zero-order valence-electron chi connectivity index (χ0n) is 14.6. The highest BCUT2D eigenvalue weighted by molar-refractivity contribution is 5.77. The van der Waals surface area contributed by atoms with Crippen molar-refractivity contribution in [2.24, 2.45) is 0 Å². The minimum absolute atomic E-state index is 0.106. The van der Waals surface area contributed by atoms with Crippen LogP contribution in [0.25, 0.3) is 0 Å². The molecule has 0 bridgehead atoms. The number of halogens is 3. The molecule has 2 aromatic rings. The van der Waals surface area contributed by atoms with E-state index in [1.165, 1.54) is 16.8 Å². The SMILES string of the molecule is Cc1cc(C)n(CC(=O)NC(CC(=O)O)c2ccc(OC(F)(F)F)cc2)n1. The summed E-state index contributed by atoms with van der Waals surface area (Å²) in [5, 5.41) is 15.8. The third-order valence-corrected chi connectivity index (χ3v) is 3.63. The van der Waals surface area contributed by atoms with Crippen molar-refractivity contribution in [1.29, 1.82) is 0 Å². The fraction of sp³-hybridized carbons (Fsp3) is 0.353. The third kappa shape index (κ3) is 6.32. The number of hydrogen-bond donors (Lipinski definition) is 2. The highest BCUT2D eigenvalue weighted by Gasteiger charge is 2.31. The summed E-state index contributed by atoms with van der Waals surface area (Å²) in [6.45, 7) is 3.45. The molecule has 1 aromatic carbocycles. The Hall–Kier alpha value is -3.04. The average molecular weight is 385 g/mol. The van der Waals surface area contributed by atoms with Crippen molar-refractivity contribution in [1.82, 2.24) is 15.1 Å². The van der Waals surface area contributed by atoms with E-state index in [-0.39, 0.29) is 6.54 Å². The van der Waals surface area contributed by atoms with Crippen molar-refractivity contribution in [3.05, 3.63) is 47.3 Å². The van der Waals surface area contributed by atoms with Crippen molar-refractivity contribution < 1.29 is 32.6 Å². The van der Waals surface area contributed by atoms with Gasteiger partial charge in [0.2, 0.25) is 5.91 Å². The number of nitrogens with one attached hydrogen (secondary N) is 1. The minimum atomic E-state index is -4.82. The van der Waals surface area contributed by atoms with Gasteiger partial charge in [-0.2, -0.15) is 5.10 Å². The van der Waals surface area contributed by atoms with Gasteiger partial charge in [0.05, 0.1) is 18.2 Å². The summed E-state index contributed by atoms with van der Waals surface area (Å²) in [4.78, 5) is 23.3. The van der Waals surface area contributed by atoms with Crippen LogP contribution in [-0.2, 0) is 16.1 Å². The van der Waals surface area contributed by atoms with Crippen LogP contribution in [0, 0.1) is 13.8 Å². The van der Waals surface area contributed by atoms with Crippen molar-refractivity contribution in [3.63, 3.8) is 0 Å². The topological polar surface area (TPSA) is 93.5 Å². The maximum atomic E-state index is 12.3. The number of nitrogens with zero attached hydrogens (tertiary/aromatic N) is 2. The smallest absolute Gasteiger partial charge is 0.481 e. The summed E-state index contributed by atoms with van der Waals surface area (Å²) in [6, 6.07) is 5.56. The summed E-state index contributed by atoms with van der Waals surface area (Å²) < 4.78 is 41.9. The van der Waals surface area contributed by atoms with Gasteiger partial charge in [-0.3, -0.25) is 14.3 Å². The van der Waals surface area contributed by atoms with Crippen LogP contribution in [0.15, 0.2) is 30.3 Å². The number of aryl methyl sites for hydroxylation is 2. The number of carboxylic acids is 1. The lowest BCUT2D eigenvalue weighted by atomic mass is 10.0. The van der Waals surface area contributed by atoms with E-state index in [2.05, 4.69) is 15.2 Å². The molecule has 0 radical (unpaired) electrons. The highest BCUT2D eigenvalue weighted by Crippen LogP contribution is 2.25. The highest BCUT2D eigenvalue weighted by atomic mass is 19.4. The lowest BCUT2D eigenvalue weighted by Crippen LogP contribution is -2.33. The first-order chi connectivity index (χ1) is 12.5. The van der Waals surface area contributed by atoms with Gasteiger partial charge < -0.3 is 15.2 Å². The van der Waals surface area contributed by atoms with Gasteiger partial charge >= 0.3 is 12.3 Å². The molecule has 1 aromatic heterocycles. The van der Waals surface area contributed by atoms with E-state index in [1.54, 1.807) is 19.9 Å². The Balaban J connectivity index is 2.11. The number of amides is 1. The Kier molecular flexibility index (Phi) is 6.09. The van der Waals surface area contributed by atoms with Gasteiger partial charge in [0.15, 0.2) is 0 Å². The molecule has 0 aliphatic carbocycles. The molecule has 1 unspecified atom stereocenters. The predicted molar refractivity (Wildman–Crippen MR) is 88.0 cm³/mol. The second-order valence-corrected chi connectivity index (χ2v) is 5.92. The number of carbonyl (C=O) groups excluding carboxylic acids is 1. The number of hydrogen-bond acceptors (Lipinski definition) is 4. The van der Waals surface area contributed by atoms with Gasteiger partial charge in [-0.15, -0.1) is 13.2 Å². The number of carboxylic acid groups (broad SMARTS) is 1. The summed E-state index contributed by atoms with van der Waals surface area (Å²) in [5.41, 5.74) is 1.85. The predicted octanol–water partition coefficient (Wildman–Crippen LogP) is 2.73. The second-order valence-electron chi connectivity index (χ2n) is 5.92. The van der Waals surface area contributed by atoms with E-state index < -0.39 is 36.5 Å². The molecule has 146 valence electrons. The van der Waals surface area contributed by atoms with Gasteiger partial charge in [-0.1, -0.05) is 12.1 Å². The normalized spacial score (nSPS) is 12.5. The van der Waals surface area contributed by atoms with Crippen molar-refractivity contribution in [2.45, 2.75) is 39.2 Å². The Morgan fingerprint density at radius 3 is 2.37 bits per heavy atom. The van der Waals surface area contributed by atoms with Gasteiger partial charge in [0.25, 0.3) is 0 Å². The molecule has 27 heavy (non-hydrogen) atoms. The molecule has 2 rings (SSSR count). The minimum Gasteiger partial charge on any atom is -0.481 e. The fourth-order valence-corrected chi connectivity index (χ4v) is 2.54. The van der Waals surface area contributed by atoms with E-state index in [4.69, 9.17) is 5.11 Å². The summed E-state index contributed by atoms with van der Waals surface area (Å²) in [6.07, 6.45) is -5.25. The van der Waals surface area contributed by atoms with Gasteiger partial charge in [-0.05, 0) is 37.6 Å². The molecule has 0 fully saturated rings. The molecule has 7 nitrogen and oxygen atoms in total. The number of benzene rings is 1. The molecular weight excluding hydrogens is 367 g/mol. The number of alkyl halides is 3. The number of carbonyl (C=O) groups is 2. The Morgan fingerprint density at radius 1 is 1.26 bits per heavy atom. The van der Waals surface area contributed by atoms with Gasteiger partial charge in [0.1, 0.15) is 12.3 Å². The van der Waals surface area contributed by atoms with Crippen LogP contribution in [0.1, 0.15) is 29.4 Å². The standard InChI is InChI=1S/C17H18F3N3O4/c1-10-7-11(2)23(22-10)9-15(24)21-14(8-16(25)26)12-3-5-13(6-4-12)27-17(18,19)20/h3-7,14H,8-9H2,1-2H3,(H,21,24)(H,25,26). The first-order valence-electron chi connectivity index (χ1n) is 7.91. The summed E-state index contributed by atoms with van der Waals surface area (Å²) in [5.74, 6) is -2.07. The molecule has 1 atom stereocenters. The summed E-state index contributed by atoms with van der Waals surface area (Å²) >= 11 is 0. The number of ether oxygens (including phenoxy) is 1. The summed E-state index contributed by atoms with van der Waals surface area (Å²) in [7, 11) is 0. The van der Waals surface area contributed by atoms with E-state index in [0.29, 0.717) is 5.56 Å². The lowest BCUT2D eigenvalue weighted by Gasteiger charge is -2.18. The molecular formula is C17H18F3N3O4. The number of aromatic nitrogens is 2. The van der Waals surface area contributed by atoms with Crippen LogP contribution in [0.5, 0.6) is 5.75 Å². The maximum Gasteiger partial charge on any atom is 0.573 e. The third-order valence-electron chi connectivity index (χ3n) is 3.63.